The van der Waals surface area contributed by atoms with Crippen LogP contribution in [0.1, 0.15) is 5.56 Å². The zero-order valence-electron chi connectivity index (χ0n) is 10.6. The summed E-state index contributed by atoms with van der Waals surface area (Å²) < 4.78 is 13.2. The van der Waals surface area contributed by atoms with Crippen molar-refractivity contribution < 1.29 is 4.39 Å². The third-order valence-corrected chi connectivity index (χ3v) is 4.09. The molecule has 0 radical (unpaired) electrons. The van der Waals surface area contributed by atoms with Crippen molar-refractivity contribution in [2.45, 2.75) is 16.5 Å². The summed E-state index contributed by atoms with van der Waals surface area (Å²) in [5.74, 6) is -0.276. The van der Waals surface area contributed by atoms with Crippen LogP contribution in [-0.2, 0) is 6.54 Å². The van der Waals surface area contributed by atoms with Crippen LogP contribution in [0.25, 0.3) is 10.9 Å². The molecule has 5 heteroatoms. The van der Waals surface area contributed by atoms with E-state index in [-0.39, 0.29) is 5.82 Å². The van der Waals surface area contributed by atoms with Crippen LogP contribution in [0.2, 0.25) is 0 Å². The predicted molar refractivity (Wildman–Crippen MR) is 78.0 cm³/mol. The maximum absolute atomic E-state index is 13.2. The first-order valence-electron chi connectivity index (χ1n) is 6.14. The second-order valence-electron chi connectivity index (χ2n) is 4.25. The fraction of sp³-hybridized carbons (Fsp3) is 0.0667. The summed E-state index contributed by atoms with van der Waals surface area (Å²) in [6, 6.07) is 12.4. The Kier molecular flexibility index (Phi) is 3.62. The minimum atomic E-state index is -0.276. The van der Waals surface area contributed by atoms with Crippen molar-refractivity contribution in [3.63, 3.8) is 0 Å². The molecule has 1 aromatic heterocycles. The first-order valence-corrected chi connectivity index (χ1v) is 6.95. The first kappa shape index (κ1) is 13.0. The molecule has 2 N–H and O–H groups in total. The summed E-state index contributed by atoms with van der Waals surface area (Å²) in [5.41, 5.74) is 7.34. The average Bonchev–Trinajstić information content (AvgIpc) is 2.49. The summed E-state index contributed by atoms with van der Waals surface area (Å²) in [6.45, 7) is 0.295. The topological polar surface area (TPSA) is 51.8 Å². The Bertz CT molecular complexity index is 756. The Balaban J connectivity index is 2.05. The molecule has 0 aliphatic heterocycles. The number of benzene rings is 2. The Morgan fingerprint density at radius 3 is 2.80 bits per heavy atom. The maximum Gasteiger partial charge on any atom is 0.123 e. The molecule has 0 unspecified atom stereocenters. The van der Waals surface area contributed by atoms with Crippen molar-refractivity contribution in [3.8, 4) is 0 Å². The highest BCUT2D eigenvalue weighted by Crippen LogP contribution is 2.33. The number of nitrogens with two attached hydrogens (primary N) is 1. The average molecular weight is 285 g/mol. The fourth-order valence-corrected chi connectivity index (χ4v) is 2.97. The van der Waals surface area contributed by atoms with Crippen LogP contribution in [0, 0.1) is 5.82 Å². The Morgan fingerprint density at radius 2 is 1.95 bits per heavy atom. The molecule has 2 aromatic carbocycles. The standard InChI is InChI=1S/C15H12FN3S/c16-11-5-6-14(10(7-11)8-17)20-15-12-3-1-2-4-13(12)18-9-19-15/h1-7,9H,8,17H2. The predicted octanol–water partition coefficient (Wildman–Crippen LogP) is 3.38. The molecular weight excluding hydrogens is 273 g/mol. The van der Waals surface area contributed by atoms with Crippen LogP contribution in [0.3, 0.4) is 0 Å². The number of hydrogen-bond donors (Lipinski definition) is 1. The van der Waals surface area contributed by atoms with Gasteiger partial charge in [-0.25, -0.2) is 14.4 Å². The van der Waals surface area contributed by atoms with Crippen LogP contribution >= 0.6 is 11.8 Å². The monoisotopic (exact) mass is 285 g/mol. The van der Waals surface area contributed by atoms with Crippen molar-refractivity contribution in [2.75, 3.05) is 0 Å². The van der Waals surface area contributed by atoms with E-state index in [4.69, 9.17) is 5.73 Å². The minimum absolute atomic E-state index is 0.276. The van der Waals surface area contributed by atoms with Gasteiger partial charge in [-0.3, -0.25) is 0 Å². The normalized spacial score (nSPS) is 10.9. The molecule has 0 spiro atoms. The van der Waals surface area contributed by atoms with Gasteiger partial charge >= 0.3 is 0 Å². The zero-order chi connectivity index (χ0) is 13.9. The molecule has 3 rings (SSSR count). The number of fused-ring (bicyclic) bond motifs is 1. The van der Waals surface area contributed by atoms with Gasteiger partial charge in [-0.05, 0) is 29.8 Å². The molecule has 0 aliphatic rings. The molecule has 0 fully saturated rings. The summed E-state index contributed by atoms with van der Waals surface area (Å²) in [4.78, 5) is 9.46. The molecule has 3 nitrogen and oxygen atoms in total. The van der Waals surface area contributed by atoms with Crippen LogP contribution < -0.4 is 5.73 Å². The molecule has 100 valence electrons. The molecule has 0 aliphatic carbocycles. The van der Waals surface area contributed by atoms with E-state index in [9.17, 15) is 4.39 Å². The molecule has 0 bridgehead atoms. The fourth-order valence-electron chi connectivity index (χ4n) is 1.97. The SMILES string of the molecule is NCc1cc(F)ccc1Sc1ncnc2ccccc12. The highest BCUT2D eigenvalue weighted by Gasteiger charge is 2.09. The van der Waals surface area contributed by atoms with Gasteiger partial charge in [0.25, 0.3) is 0 Å². The van der Waals surface area contributed by atoms with Crippen LogP contribution in [0.15, 0.2) is 58.7 Å². The van der Waals surface area contributed by atoms with E-state index in [1.807, 2.05) is 24.3 Å². The van der Waals surface area contributed by atoms with Gasteiger partial charge in [-0.2, -0.15) is 0 Å². The summed E-state index contributed by atoms with van der Waals surface area (Å²) >= 11 is 1.48. The van der Waals surface area contributed by atoms with E-state index in [2.05, 4.69) is 9.97 Å². The van der Waals surface area contributed by atoms with E-state index >= 15 is 0 Å². The number of halogens is 1. The van der Waals surface area contributed by atoms with E-state index < -0.39 is 0 Å². The lowest BCUT2D eigenvalue weighted by atomic mass is 10.2. The van der Waals surface area contributed by atoms with Crippen molar-refractivity contribution >= 4 is 22.7 Å². The maximum atomic E-state index is 13.2. The van der Waals surface area contributed by atoms with Crippen molar-refractivity contribution in [1.82, 2.24) is 9.97 Å². The van der Waals surface area contributed by atoms with Gasteiger partial charge in [-0.1, -0.05) is 30.0 Å². The van der Waals surface area contributed by atoms with Crippen LogP contribution in [-0.4, -0.2) is 9.97 Å². The lowest BCUT2D eigenvalue weighted by molar-refractivity contribution is 0.623. The van der Waals surface area contributed by atoms with E-state index in [0.717, 1.165) is 26.4 Å². The second-order valence-corrected chi connectivity index (χ2v) is 5.28. The van der Waals surface area contributed by atoms with Gasteiger partial charge in [0.1, 0.15) is 17.2 Å². The summed E-state index contributed by atoms with van der Waals surface area (Å²) in [6.07, 6.45) is 1.54. The van der Waals surface area contributed by atoms with Gasteiger partial charge in [0.15, 0.2) is 0 Å². The summed E-state index contributed by atoms with van der Waals surface area (Å²) in [7, 11) is 0. The van der Waals surface area contributed by atoms with Crippen molar-refractivity contribution in [2.24, 2.45) is 5.73 Å². The molecule has 0 saturated carbocycles. The van der Waals surface area contributed by atoms with Gasteiger partial charge in [0.2, 0.25) is 0 Å². The lowest BCUT2D eigenvalue weighted by Gasteiger charge is -2.08. The smallest absolute Gasteiger partial charge is 0.123 e. The lowest BCUT2D eigenvalue weighted by Crippen LogP contribution is -1.99. The summed E-state index contributed by atoms with van der Waals surface area (Å²) in [5, 5.41) is 1.82. The van der Waals surface area contributed by atoms with Gasteiger partial charge in [0.05, 0.1) is 5.52 Å². The number of para-hydroxylation sites is 1. The van der Waals surface area contributed by atoms with Crippen molar-refractivity contribution in [3.05, 3.63) is 60.2 Å². The minimum Gasteiger partial charge on any atom is -0.326 e. The van der Waals surface area contributed by atoms with E-state index in [0.29, 0.717) is 6.54 Å². The molecule has 0 amide bonds. The van der Waals surface area contributed by atoms with E-state index in [1.165, 1.54) is 30.2 Å². The molecule has 1 heterocycles. The third-order valence-electron chi connectivity index (χ3n) is 2.96. The number of nitrogens with zero attached hydrogens (tertiary/aromatic N) is 2. The number of aromatic nitrogens is 2. The van der Waals surface area contributed by atoms with Gasteiger partial charge in [0, 0.05) is 16.8 Å². The van der Waals surface area contributed by atoms with E-state index in [1.54, 1.807) is 6.07 Å². The molecule has 0 saturated heterocycles. The Morgan fingerprint density at radius 1 is 1.10 bits per heavy atom. The highest BCUT2D eigenvalue weighted by atomic mass is 32.2. The number of rotatable bonds is 3. The van der Waals surface area contributed by atoms with Crippen molar-refractivity contribution in [1.29, 1.82) is 0 Å². The zero-order valence-corrected chi connectivity index (χ0v) is 11.4. The highest BCUT2D eigenvalue weighted by molar-refractivity contribution is 7.99. The molecular formula is C15H12FN3S. The van der Waals surface area contributed by atoms with Gasteiger partial charge in [-0.15, -0.1) is 0 Å². The quantitative estimate of drug-likeness (QED) is 0.750. The number of hydrogen-bond acceptors (Lipinski definition) is 4. The second kappa shape index (κ2) is 5.56. The van der Waals surface area contributed by atoms with Crippen LogP contribution in [0.4, 0.5) is 4.39 Å². The molecule has 3 aromatic rings. The van der Waals surface area contributed by atoms with Crippen LogP contribution in [0.5, 0.6) is 0 Å². The third kappa shape index (κ3) is 2.50. The Labute approximate surface area is 120 Å². The van der Waals surface area contributed by atoms with Gasteiger partial charge < -0.3 is 5.73 Å². The molecule has 0 atom stereocenters. The largest absolute Gasteiger partial charge is 0.326 e. The molecule has 20 heavy (non-hydrogen) atoms. The first-order chi connectivity index (χ1) is 9.78. The Hall–Kier alpha value is -1.98.